The summed E-state index contributed by atoms with van der Waals surface area (Å²) in [6.07, 6.45) is 1.88. The molecule has 0 spiro atoms. The second-order valence-electron chi connectivity index (χ2n) is 6.44. The van der Waals surface area contributed by atoms with Crippen molar-refractivity contribution >= 4 is 27.4 Å². The van der Waals surface area contributed by atoms with Crippen molar-refractivity contribution in [2.24, 2.45) is 0 Å². The van der Waals surface area contributed by atoms with E-state index in [1.807, 2.05) is 12.3 Å². The van der Waals surface area contributed by atoms with Gasteiger partial charge in [-0.25, -0.2) is 0 Å². The zero-order valence-electron chi connectivity index (χ0n) is 12.1. The van der Waals surface area contributed by atoms with Gasteiger partial charge in [0.1, 0.15) is 0 Å². The average Bonchev–Trinajstić information content (AvgIpc) is 2.68. The summed E-state index contributed by atoms with van der Waals surface area (Å²) < 4.78 is 0. The molecule has 1 aliphatic heterocycles. The second kappa shape index (κ2) is 3.72. The lowest BCUT2D eigenvalue weighted by Gasteiger charge is -2.20. The third-order valence-corrected chi connectivity index (χ3v) is 4.47. The van der Waals surface area contributed by atoms with Gasteiger partial charge < -0.3 is 4.90 Å². The van der Waals surface area contributed by atoms with Crippen molar-refractivity contribution in [1.29, 1.82) is 0 Å². The maximum Gasteiger partial charge on any atom is 0.0780 e. The fraction of sp³-hybridized carbons (Fsp3) is 0.278. The Balaban J connectivity index is 2.19. The molecule has 0 saturated heterocycles. The van der Waals surface area contributed by atoms with E-state index in [0.717, 1.165) is 12.1 Å². The highest BCUT2D eigenvalue weighted by Gasteiger charge is 2.34. The lowest BCUT2D eigenvalue weighted by molar-refractivity contribution is 0.567. The summed E-state index contributed by atoms with van der Waals surface area (Å²) in [5.74, 6) is 0. The minimum absolute atomic E-state index is 0.187. The van der Waals surface area contributed by atoms with Crippen LogP contribution in [0.1, 0.15) is 19.4 Å². The SMILES string of the molecule is CN1CC(C)(C)c2c1ccc1c2ccc2cccnc21. The summed E-state index contributed by atoms with van der Waals surface area (Å²) in [4.78, 5) is 6.95. The maximum atomic E-state index is 4.59. The first-order chi connectivity index (χ1) is 9.58. The van der Waals surface area contributed by atoms with Crippen LogP contribution in [0.4, 0.5) is 5.69 Å². The Hall–Kier alpha value is -2.09. The van der Waals surface area contributed by atoms with E-state index in [2.05, 4.69) is 61.1 Å². The molecule has 20 heavy (non-hydrogen) atoms. The third kappa shape index (κ3) is 1.42. The van der Waals surface area contributed by atoms with E-state index >= 15 is 0 Å². The quantitative estimate of drug-likeness (QED) is 0.567. The number of likely N-dealkylation sites (N-methyl/N-ethyl adjacent to an activating group) is 1. The molecule has 2 aromatic carbocycles. The van der Waals surface area contributed by atoms with Crippen molar-refractivity contribution in [3.05, 3.63) is 48.2 Å². The maximum absolute atomic E-state index is 4.59. The summed E-state index contributed by atoms with van der Waals surface area (Å²) in [7, 11) is 2.18. The molecule has 4 rings (SSSR count). The molecular formula is C18H18N2. The number of benzene rings is 2. The lowest BCUT2D eigenvalue weighted by Crippen LogP contribution is -2.25. The Kier molecular flexibility index (Phi) is 2.18. The van der Waals surface area contributed by atoms with Gasteiger partial charge >= 0.3 is 0 Å². The average molecular weight is 262 g/mol. The van der Waals surface area contributed by atoms with Crippen molar-refractivity contribution in [2.75, 3.05) is 18.5 Å². The van der Waals surface area contributed by atoms with Gasteiger partial charge in [0.25, 0.3) is 0 Å². The number of anilines is 1. The van der Waals surface area contributed by atoms with Crippen molar-refractivity contribution in [1.82, 2.24) is 4.98 Å². The Bertz CT molecular complexity index is 833. The van der Waals surface area contributed by atoms with Gasteiger partial charge in [-0.1, -0.05) is 38.1 Å². The number of hydrogen-bond acceptors (Lipinski definition) is 2. The van der Waals surface area contributed by atoms with Crippen LogP contribution in [0.5, 0.6) is 0 Å². The van der Waals surface area contributed by atoms with E-state index in [1.165, 1.54) is 27.4 Å². The Morgan fingerprint density at radius 1 is 1.05 bits per heavy atom. The van der Waals surface area contributed by atoms with Crippen LogP contribution in [0, 0.1) is 0 Å². The minimum Gasteiger partial charge on any atom is -0.373 e. The number of fused-ring (bicyclic) bond motifs is 5. The van der Waals surface area contributed by atoms with Crippen LogP contribution in [0.25, 0.3) is 21.7 Å². The minimum atomic E-state index is 0.187. The number of nitrogens with zero attached hydrogens (tertiary/aromatic N) is 2. The molecule has 0 unspecified atom stereocenters. The van der Waals surface area contributed by atoms with E-state index in [0.29, 0.717) is 0 Å². The second-order valence-corrected chi connectivity index (χ2v) is 6.44. The Morgan fingerprint density at radius 3 is 2.70 bits per heavy atom. The van der Waals surface area contributed by atoms with Crippen LogP contribution >= 0.6 is 0 Å². The van der Waals surface area contributed by atoms with Crippen molar-refractivity contribution in [3.63, 3.8) is 0 Å². The summed E-state index contributed by atoms with van der Waals surface area (Å²) in [6.45, 7) is 5.73. The van der Waals surface area contributed by atoms with Crippen LogP contribution in [-0.2, 0) is 5.41 Å². The highest BCUT2D eigenvalue weighted by molar-refractivity contribution is 6.08. The standard InChI is InChI=1S/C18H18N2/c1-18(2)11-20(3)15-9-8-14-13(16(15)18)7-6-12-5-4-10-19-17(12)14/h4-10H,11H2,1-3H3. The molecular weight excluding hydrogens is 244 g/mol. The van der Waals surface area contributed by atoms with Gasteiger partial charge in [-0.2, -0.15) is 0 Å². The topological polar surface area (TPSA) is 16.1 Å². The molecule has 0 saturated carbocycles. The van der Waals surface area contributed by atoms with Gasteiger partial charge in [0.2, 0.25) is 0 Å². The molecule has 0 N–H and O–H groups in total. The summed E-state index contributed by atoms with van der Waals surface area (Å²) >= 11 is 0. The van der Waals surface area contributed by atoms with Gasteiger partial charge in [0.05, 0.1) is 5.52 Å². The van der Waals surface area contributed by atoms with Gasteiger partial charge in [0, 0.05) is 41.7 Å². The predicted octanol–water partition coefficient (Wildman–Crippen LogP) is 4.12. The molecule has 3 aromatic rings. The van der Waals surface area contributed by atoms with Crippen LogP contribution in [0.15, 0.2) is 42.6 Å². The van der Waals surface area contributed by atoms with Gasteiger partial charge in [0.15, 0.2) is 0 Å². The molecule has 100 valence electrons. The molecule has 2 heterocycles. The highest BCUT2D eigenvalue weighted by atomic mass is 15.1. The van der Waals surface area contributed by atoms with Gasteiger partial charge in [-0.15, -0.1) is 0 Å². The summed E-state index contributed by atoms with van der Waals surface area (Å²) in [5.41, 5.74) is 4.12. The first kappa shape index (κ1) is 11.7. The van der Waals surface area contributed by atoms with E-state index in [1.54, 1.807) is 0 Å². The molecule has 0 radical (unpaired) electrons. The molecule has 0 atom stereocenters. The fourth-order valence-corrected chi connectivity index (χ4v) is 3.72. The first-order valence-corrected chi connectivity index (χ1v) is 7.10. The van der Waals surface area contributed by atoms with Crippen molar-refractivity contribution in [3.8, 4) is 0 Å². The molecule has 0 amide bonds. The van der Waals surface area contributed by atoms with Crippen molar-refractivity contribution in [2.45, 2.75) is 19.3 Å². The van der Waals surface area contributed by atoms with Crippen LogP contribution in [0.3, 0.4) is 0 Å². The third-order valence-electron chi connectivity index (χ3n) is 4.47. The molecule has 0 bridgehead atoms. The summed E-state index contributed by atoms with van der Waals surface area (Å²) in [6, 6.07) is 13.1. The van der Waals surface area contributed by atoms with Crippen LogP contribution < -0.4 is 4.90 Å². The largest absolute Gasteiger partial charge is 0.373 e. The predicted molar refractivity (Wildman–Crippen MR) is 85.5 cm³/mol. The molecule has 1 aliphatic rings. The van der Waals surface area contributed by atoms with E-state index in [-0.39, 0.29) is 5.41 Å². The highest BCUT2D eigenvalue weighted by Crippen LogP contribution is 2.44. The number of rotatable bonds is 0. The van der Waals surface area contributed by atoms with E-state index < -0.39 is 0 Å². The molecule has 0 aliphatic carbocycles. The number of aromatic nitrogens is 1. The lowest BCUT2D eigenvalue weighted by atomic mass is 9.83. The molecule has 0 fully saturated rings. The first-order valence-electron chi connectivity index (χ1n) is 7.10. The van der Waals surface area contributed by atoms with E-state index in [4.69, 9.17) is 0 Å². The van der Waals surface area contributed by atoms with E-state index in [9.17, 15) is 0 Å². The van der Waals surface area contributed by atoms with Gasteiger partial charge in [-0.3, -0.25) is 4.98 Å². The van der Waals surface area contributed by atoms with Crippen LogP contribution in [0.2, 0.25) is 0 Å². The number of pyridine rings is 1. The number of hydrogen-bond donors (Lipinski definition) is 0. The zero-order valence-corrected chi connectivity index (χ0v) is 12.1. The van der Waals surface area contributed by atoms with Gasteiger partial charge in [-0.05, 0) is 23.1 Å². The summed E-state index contributed by atoms with van der Waals surface area (Å²) in [5, 5.41) is 3.83. The Morgan fingerprint density at radius 2 is 1.85 bits per heavy atom. The molecule has 1 aromatic heterocycles. The fourth-order valence-electron chi connectivity index (χ4n) is 3.72. The molecule has 2 nitrogen and oxygen atoms in total. The monoisotopic (exact) mass is 262 g/mol. The molecule has 2 heteroatoms. The van der Waals surface area contributed by atoms with Crippen molar-refractivity contribution < 1.29 is 0 Å². The smallest absolute Gasteiger partial charge is 0.0780 e. The zero-order chi connectivity index (χ0) is 13.9. The Labute approximate surface area is 119 Å². The van der Waals surface area contributed by atoms with Crippen LogP contribution in [-0.4, -0.2) is 18.6 Å². The normalized spacial score (nSPS) is 16.9.